The molecule has 35 heavy (non-hydrogen) atoms. The van der Waals surface area contributed by atoms with Crippen LogP contribution in [-0.4, -0.2) is 70.4 Å². The van der Waals surface area contributed by atoms with Gasteiger partial charge in [-0.2, -0.15) is 0 Å². The fraction of sp³-hybridized carbons (Fsp3) is 0.524. The van der Waals surface area contributed by atoms with E-state index in [9.17, 15) is 19.2 Å². The first kappa shape index (κ1) is 25.0. The fourth-order valence-corrected chi connectivity index (χ4v) is 5.84. The van der Waals surface area contributed by atoms with Gasteiger partial charge in [0.2, 0.25) is 6.79 Å². The van der Waals surface area contributed by atoms with Crippen molar-refractivity contribution in [3.05, 3.63) is 22.8 Å². The Balaban J connectivity index is 1.32. The van der Waals surface area contributed by atoms with Gasteiger partial charge in [-0.3, -0.25) is 19.3 Å². The minimum absolute atomic E-state index is 0.0519. The monoisotopic (exact) mass is 523 g/mol. The summed E-state index contributed by atoms with van der Waals surface area (Å²) in [4.78, 5) is 60.3. The van der Waals surface area contributed by atoms with Gasteiger partial charge in [0.25, 0.3) is 11.8 Å². The fourth-order valence-electron chi connectivity index (χ4n) is 4.10. The van der Waals surface area contributed by atoms with E-state index in [1.54, 1.807) is 11.5 Å². The molecule has 2 atom stereocenters. The first-order valence-electron chi connectivity index (χ1n) is 11.0. The van der Waals surface area contributed by atoms with Crippen molar-refractivity contribution in [2.24, 2.45) is 11.1 Å². The zero-order valence-electron chi connectivity index (χ0n) is 18.9. The summed E-state index contributed by atoms with van der Waals surface area (Å²) < 4.78 is 10.2. The van der Waals surface area contributed by atoms with Gasteiger partial charge < -0.3 is 25.4 Å². The molecule has 1 aromatic rings. The predicted molar refractivity (Wildman–Crippen MR) is 127 cm³/mol. The number of nitrogens with zero attached hydrogens (tertiary/aromatic N) is 3. The van der Waals surface area contributed by atoms with Crippen molar-refractivity contribution in [3.63, 3.8) is 0 Å². The van der Waals surface area contributed by atoms with Crippen LogP contribution < -0.4 is 11.1 Å². The van der Waals surface area contributed by atoms with Crippen molar-refractivity contribution in [1.29, 1.82) is 0 Å². The standard InChI is InChI=1S/C21H25N5O7S2/c1-31-25-14(12-9-35-21(22)23-12)16(27)24-15-17(28)26-13(7-8-34-18(15)26)20(30)33-10-32-19(29)11-5-3-2-4-6-11/h7,9,11,15,18H,2-6,8,10H2,1H3,(H2,22,23)(H,24,27)/b25-14+. The van der Waals surface area contributed by atoms with E-state index in [1.807, 2.05) is 0 Å². The highest BCUT2D eigenvalue weighted by Gasteiger charge is 2.53. The van der Waals surface area contributed by atoms with E-state index in [0.717, 1.165) is 43.4 Å². The number of β-lactam (4-membered cyclic amide) rings is 1. The molecule has 3 N–H and O–H groups in total. The van der Waals surface area contributed by atoms with Crippen LogP contribution in [0.1, 0.15) is 37.8 Å². The molecular weight excluding hydrogens is 498 g/mol. The molecule has 14 heteroatoms. The summed E-state index contributed by atoms with van der Waals surface area (Å²) in [5.41, 5.74) is 5.78. The molecule has 4 rings (SSSR count). The molecular formula is C21H25N5O7S2. The molecule has 0 bridgehead atoms. The number of thioether (sulfide) groups is 1. The van der Waals surface area contributed by atoms with Crippen LogP contribution in [0.15, 0.2) is 22.3 Å². The second kappa shape index (κ2) is 11.1. The Morgan fingerprint density at radius 3 is 2.71 bits per heavy atom. The lowest BCUT2D eigenvalue weighted by Gasteiger charge is -2.48. The van der Waals surface area contributed by atoms with Crippen molar-refractivity contribution < 1.29 is 33.5 Å². The highest BCUT2D eigenvalue weighted by molar-refractivity contribution is 8.00. The lowest BCUT2D eigenvalue weighted by atomic mass is 9.89. The normalized spacial score (nSPS) is 22.4. The lowest BCUT2D eigenvalue weighted by molar-refractivity contribution is -0.171. The summed E-state index contributed by atoms with van der Waals surface area (Å²) in [6, 6.07) is -0.883. The number of fused-ring (bicyclic) bond motifs is 1. The number of nitrogens with one attached hydrogen (secondary N) is 1. The van der Waals surface area contributed by atoms with Gasteiger partial charge in [-0.25, -0.2) is 9.78 Å². The first-order chi connectivity index (χ1) is 16.9. The van der Waals surface area contributed by atoms with Crippen LogP contribution >= 0.6 is 23.1 Å². The predicted octanol–water partition coefficient (Wildman–Crippen LogP) is 0.984. The minimum Gasteiger partial charge on any atom is -0.428 e. The molecule has 0 aromatic carbocycles. The molecule has 1 saturated carbocycles. The first-order valence-corrected chi connectivity index (χ1v) is 13.0. The van der Waals surface area contributed by atoms with Gasteiger partial charge in [-0.05, 0) is 18.9 Å². The molecule has 2 aliphatic heterocycles. The van der Waals surface area contributed by atoms with Crippen molar-refractivity contribution in [3.8, 4) is 0 Å². The van der Waals surface area contributed by atoms with Gasteiger partial charge in [0.1, 0.15) is 29.9 Å². The molecule has 3 heterocycles. The van der Waals surface area contributed by atoms with Crippen molar-refractivity contribution in [2.45, 2.75) is 43.5 Å². The maximum atomic E-state index is 12.8. The summed E-state index contributed by atoms with van der Waals surface area (Å²) in [6.45, 7) is -0.515. The molecule has 1 aliphatic carbocycles. The molecule has 1 saturated heterocycles. The molecule has 12 nitrogen and oxygen atoms in total. The molecule has 1 aromatic heterocycles. The number of amides is 2. The van der Waals surface area contributed by atoms with Gasteiger partial charge >= 0.3 is 11.9 Å². The average Bonchev–Trinajstić information content (AvgIpc) is 3.31. The highest BCUT2D eigenvalue weighted by atomic mass is 32.2. The van der Waals surface area contributed by atoms with Gasteiger partial charge in [0.05, 0.1) is 5.92 Å². The number of anilines is 1. The Morgan fingerprint density at radius 2 is 2.03 bits per heavy atom. The molecule has 2 unspecified atom stereocenters. The number of esters is 2. The van der Waals surface area contributed by atoms with Gasteiger partial charge in [0, 0.05) is 11.1 Å². The molecule has 188 valence electrons. The van der Waals surface area contributed by atoms with E-state index in [-0.39, 0.29) is 34.1 Å². The molecule has 2 amide bonds. The third kappa shape index (κ3) is 5.42. The van der Waals surface area contributed by atoms with Crippen LogP contribution in [0.2, 0.25) is 0 Å². The van der Waals surface area contributed by atoms with Crippen LogP contribution in [0, 0.1) is 5.92 Å². The Labute approximate surface area is 209 Å². The summed E-state index contributed by atoms with van der Waals surface area (Å²) in [5.74, 6) is -2.03. The molecule has 0 spiro atoms. The molecule has 2 fully saturated rings. The van der Waals surface area contributed by atoms with Gasteiger partial charge in [0.15, 0.2) is 10.8 Å². The number of nitrogen functional groups attached to an aromatic ring is 1. The summed E-state index contributed by atoms with van der Waals surface area (Å²) in [7, 11) is 1.28. The maximum absolute atomic E-state index is 12.8. The summed E-state index contributed by atoms with van der Waals surface area (Å²) in [5, 5.41) is 7.63. The second-order valence-electron chi connectivity index (χ2n) is 8.01. The highest BCUT2D eigenvalue weighted by Crippen LogP contribution is 2.38. The summed E-state index contributed by atoms with van der Waals surface area (Å²) >= 11 is 2.51. The van der Waals surface area contributed by atoms with Crippen molar-refractivity contribution in [1.82, 2.24) is 15.2 Å². The van der Waals surface area contributed by atoms with Crippen LogP contribution in [0.5, 0.6) is 0 Å². The van der Waals surface area contributed by atoms with Crippen molar-refractivity contribution >= 4 is 57.7 Å². The van der Waals surface area contributed by atoms with Crippen LogP contribution in [-0.2, 0) is 33.5 Å². The largest absolute Gasteiger partial charge is 0.428 e. The number of aromatic nitrogens is 1. The van der Waals surface area contributed by atoms with Gasteiger partial charge in [-0.1, -0.05) is 24.4 Å². The van der Waals surface area contributed by atoms with Crippen molar-refractivity contribution in [2.75, 3.05) is 25.4 Å². The number of ether oxygens (including phenoxy) is 2. The number of nitrogens with two attached hydrogens (primary N) is 1. The van der Waals surface area contributed by atoms with E-state index >= 15 is 0 Å². The number of rotatable bonds is 8. The Bertz CT molecular complexity index is 1070. The zero-order chi connectivity index (χ0) is 24.9. The quantitative estimate of drug-likeness (QED) is 0.165. The van der Waals surface area contributed by atoms with Crippen LogP contribution in [0.4, 0.5) is 5.13 Å². The van der Waals surface area contributed by atoms with Gasteiger partial charge in [-0.15, -0.1) is 23.1 Å². The number of carbonyl (C=O) groups excluding carboxylic acids is 4. The molecule has 3 aliphatic rings. The Hall–Kier alpha value is -3.13. The average molecular weight is 524 g/mol. The Kier molecular flexibility index (Phi) is 7.90. The maximum Gasteiger partial charge on any atom is 0.357 e. The van der Waals surface area contributed by atoms with Crippen LogP contribution in [0.3, 0.4) is 0 Å². The van der Waals surface area contributed by atoms with E-state index in [0.29, 0.717) is 5.75 Å². The Morgan fingerprint density at radius 1 is 1.26 bits per heavy atom. The van der Waals surface area contributed by atoms with E-state index in [4.69, 9.17) is 20.0 Å². The van der Waals surface area contributed by atoms with E-state index in [1.165, 1.54) is 23.8 Å². The number of hydrogen-bond donors (Lipinski definition) is 2. The third-order valence-corrected chi connectivity index (χ3v) is 7.69. The number of thiazole rings is 1. The smallest absolute Gasteiger partial charge is 0.357 e. The van der Waals surface area contributed by atoms with Crippen LogP contribution in [0.25, 0.3) is 0 Å². The summed E-state index contributed by atoms with van der Waals surface area (Å²) in [6.07, 6.45) is 6.20. The zero-order valence-corrected chi connectivity index (χ0v) is 20.6. The number of hydrogen-bond acceptors (Lipinski definition) is 12. The lowest BCUT2D eigenvalue weighted by Crippen LogP contribution is -2.70. The second-order valence-corrected chi connectivity index (χ2v) is 10.1. The number of oxime groups is 1. The topological polar surface area (TPSA) is 163 Å². The van der Waals surface area contributed by atoms with E-state index in [2.05, 4.69) is 15.5 Å². The SMILES string of the molecule is CO/N=C(/C(=O)NC1C(=O)N2C(C(=O)OCOC(=O)C3CCCCC3)=CCSC12)c1csc(N)n1. The van der Waals surface area contributed by atoms with E-state index < -0.39 is 36.0 Å². The minimum atomic E-state index is -0.883. The third-order valence-electron chi connectivity index (χ3n) is 5.83. The number of carbonyl (C=O) groups is 4. The molecule has 0 radical (unpaired) electrons.